The molecule has 1 heterocycles. The van der Waals surface area contributed by atoms with Gasteiger partial charge in [-0.3, -0.25) is 0 Å². The van der Waals surface area contributed by atoms with Crippen molar-refractivity contribution in [2.45, 2.75) is 5.41 Å². The van der Waals surface area contributed by atoms with E-state index in [1.807, 2.05) is 11.3 Å². The third kappa shape index (κ3) is 4.07. The minimum atomic E-state index is -0.291. The van der Waals surface area contributed by atoms with Gasteiger partial charge in [0.15, 0.2) is 0 Å². The monoisotopic (exact) mass is 739 g/mol. The highest BCUT2D eigenvalue weighted by Crippen LogP contribution is 2.70. The van der Waals surface area contributed by atoms with E-state index >= 15 is 0 Å². The van der Waals surface area contributed by atoms with Crippen molar-refractivity contribution in [3.63, 3.8) is 0 Å². The Labute approximate surface area is 335 Å². The summed E-state index contributed by atoms with van der Waals surface area (Å²) in [6, 6.07) is 74.6. The van der Waals surface area contributed by atoms with Gasteiger partial charge in [-0.1, -0.05) is 164 Å². The number of fused-ring (bicyclic) bond motifs is 8. The SMILES string of the molecule is c1ccc(-c2ccccc2N(c2ccc(-c3ccc4c(c3)C35c6ccccc6-c6cccc(c63)-c3cccc-4c35)cc2)c2cccc3c2sc2ccccc23)cc1. The third-order valence-corrected chi connectivity index (χ3v) is 14.0. The molecule has 0 saturated carbocycles. The number of hydrogen-bond donors (Lipinski definition) is 0. The van der Waals surface area contributed by atoms with Gasteiger partial charge in [0, 0.05) is 26.7 Å². The second kappa shape index (κ2) is 11.5. The van der Waals surface area contributed by atoms with E-state index < -0.39 is 0 Å². The molecule has 0 amide bonds. The molecule has 57 heavy (non-hydrogen) atoms. The zero-order valence-electron chi connectivity index (χ0n) is 30.9. The average Bonchev–Trinajstić information content (AvgIpc) is 4.00. The van der Waals surface area contributed by atoms with Crippen LogP contribution in [0, 0.1) is 0 Å². The predicted octanol–water partition coefficient (Wildman–Crippen LogP) is 15.2. The minimum absolute atomic E-state index is 0.291. The van der Waals surface area contributed by atoms with Crippen LogP contribution >= 0.6 is 11.3 Å². The third-order valence-electron chi connectivity index (χ3n) is 12.8. The molecule has 264 valence electrons. The Morgan fingerprint density at radius 3 is 1.70 bits per heavy atom. The summed E-state index contributed by atoms with van der Waals surface area (Å²) in [5.41, 5.74) is 22.0. The molecule has 2 heteroatoms. The van der Waals surface area contributed by atoms with E-state index in [4.69, 9.17) is 0 Å². The molecule has 1 spiro atoms. The fourth-order valence-corrected chi connectivity index (χ4v) is 11.8. The lowest BCUT2D eigenvalue weighted by Gasteiger charge is -2.29. The first kappa shape index (κ1) is 31.2. The second-order valence-electron chi connectivity index (χ2n) is 15.5. The Balaban J connectivity index is 0.991. The first-order valence-electron chi connectivity index (χ1n) is 19.8. The predicted molar refractivity (Wildman–Crippen MR) is 240 cm³/mol. The molecule has 1 aromatic heterocycles. The number of benzene rings is 9. The van der Waals surface area contributed by atoms with Gasteiger partial charge in [-0.2, -0.15) is 0 Å². The fourth-order valence-electron chi connectivity index (χ4n) is 10.6. The summed E-state index contributed by atoms with van der Waals surface area (Å²) in [4.78, 5) is 2.47. The van der Waals surface area contributed by atoms with E-state index in [0.29, 0.717) is 0 Å². The van der Waals surface area contributed by atoms with E-state index in [2.05, 4.69) is 205 Å². The molecule has 0 saturated heterocycles. The highest BCUT2D eigenvalue weighted by atomic mass is 32.1. The summed E-state index contributed by atoms with van der Waals surface area (Å²) in [6.07, 6.45) is 0. The number of thiophene rings is 1. The molecule has 0 bridgehead atoms. The Morgan fingerprint density at radius 2 is 0.912 bits per heavy atom. The van der Waals surface area contributed by atoms with Gasteiger partial charge in [-0.05, 0) is 109 Å². The lowest BCUT2D eigenvalue weighted by Crippen LogP contribution is -2.23. The Kier molecular flexibility index (Phi) is 6.31. The normalized spacial score (nSPS) is 15.1. The van der Waals surface area contributed by atoms with Crippen LogP contribution in [0.1, 0.15) is 22.3 Å². The van der Waals surface area contributed by atoms with Gasteiger partial charge in [0.05, 0.1) is 21.5 Å². The first-order chi connectivity index (χ1) is 28.3. The first-order valence-corrected chi connectivity index (χ1v) is 20.6. The summed E-state index contributed by atoms with van der Waals surface area (Å²) < 4.78 is 2.59. The fraction of sp³-hybridized carbons (Fsp3) is 0.0182. The Hall–Kier alpha value is -7.00. The number of nitrogens with zero attached hydrogens (tertiary/aromatic N) is 1. The van der Waals surface area contributed by atoms with Crippen LogP contribution in [0.4, 0.5) is 17.1 Å². The quantitative estimate of drug-likeness (QED) is 0.170. The van der Waals surface area contributed by atoms with Crippen molar-refractivity contribution in [3.8, 4) is 55.6 Å². The van der Waals surface area contributed by atoms with Crippen molar-refractivity contribution < 1.29 is 0 Å². The average molecular weight is 740 g/mol. The maximum Gasteiger partial charge on any atom is 0.0737 e. The van der Waals surface area contributed by atoms with Crippen molar-refractivity contribution in [2.75, 3.05) is 4.90 Å². The van der Waals surface area contributed by atoms with E-state index in [-0.39, 0.29) is 5.41 Å². The van der Waals surface area contributed by atoms with Gasteiger partial charge in [0.1, 0.15) is 0 Å². The van der Waals surface area contributed by atoms with Crippen LogP contribution < -0.4 is 4.90 Å². The van der Waals surface area contributed by atoms with Gasteiger partial charge >= 0.3 is 0 Å². The summed E-state index contributed by atoms with van der Waals surface area (Å²) >= 11 is 1.87. The molecule has 3 aliphatic carbocycles. The Bertz CT molecular complexity index is 3260. The van der Waals surface area contributed by atoms with Crippen LogP contribution in [-0.2, 0) is 5.41 Å². The number of anilines is 3. The van der Waals surface area contributed by atoms with Crippen LogP contribution in [0.3, 0.4) is 0 Å². The van der Waals surface area contributed by atoms with Gasteiger partial charge in [-0.25, -0.2) is 0 Å². The van der Waals surface area contributed by atoms with Gasteiger partial charge in [0.25, 0.3) is 0 Å². The summed E-state index contributed by atoms with van der Waals surface area (Å²) in [5, 5.41) is 2.59. The van der Waals surface area contributed by atoms with Crippen LogP contribution in [0.15, 0.2) is 200 Å². The molecule has 1 unspecified atom stereocenters. The van der Waals surface area contributed by atoms with E-state index in [0.717, 1.165) is 11.4 Å². The molecule has 13 rings (SSSR count). The summed E-state index contributed by atoms with van der Waals surface area (Å²) in [7, 11) is 0. The van der Waals surface area contributed by atoms with E-state index in [1.54, 1.807) is 0 Å². The maximum absolute atomic E-state index is 2.50. The van der Waals surface area contributed by atoms with Crippen molar-refractivity contribution >= 4 is 48.6 Å². The number of hydrogen-bond acceptors (Lipinski definition) is 2. The molecule has 9 aromatic carbocycles. The molecule has 10 aromatic rings. The standard InChI is InChI=1S/C55H33NS/c1-2-13-35(14-3-1)38-15-5-8-24-49(38)56(50-25-12-22-46-41-17-6-9-26-51(41)57-54(46)50)37-30-27-34(28-31-37)36-29-32-40-43-19-11-21-45-44-20-10-18-42-39-16-4-7-23-47(39)55(52(42)44,53(43)45)48(40)33-36/h1-33H. The highest BCUT2D eigenvalue weighted by Gasteiger charge is 2.57. The molecular formula is C55H33NS. The van der Waals surface area contributed by atoms with Crippen LogP contribution in [0.5, 0.6) is 0 Å². The highest BCUT2D eigenvalue weighted by molar-refractivity contribution is 7.26. The van der Waals surface area contributed by atoms with Gasteiger partial charge < -0.3 is 4.90 Å². The number of rotatable bonds is 5. The Morgan fingerprint density at radius 1 is 0.351 bits per heavy atom. The lowest BCUT2D eigenvalue weighted by atomic mass is 9.73. The molecular weight excluding hydrogens is 707 g/mol. The van der Waals surface area contributed by atoms with Crippen molar-refractivity contribution in [1.82, 2.24) is 0 Å². The summed E-state index contributed by atoms with van der Waals surface area (Å²) in [5.74, 6) is 0. The van der Waals surface area contributed by atoms with E-state index in [1.165, 1.54) is 104 Å². The maximum atomic E-state index is 2.50. The van der Waals surface area contributed by atoms with Gasteiger partial charge in [0.2, 0.25) is 0 Å². The van der Waals surface area contributed by atoms with Crippen molar-refractivity contribution in [3.05, 3.63) is 222 Å². The van der Waals surface area contributed by atoms with Crippen molar-refractivity contribution in [2.24, 2.45) is 0 Å². The molecule has 0 aliphatic heterocycles. The van der Waals surface area contributed by atoms with Gasteiger partial charge in [-0.15, -0.1) is 11.3 Å². The topological polar surface area (TPSA) is 3.24 Å². The zero-order chi connectivity index (χ0) is 37.2. The van der Waals surface area contributed by atoms with E-state index in [9.17, 15) is 0 Å². The molecule has 1 atom stereocenters. The van der Waals surface area contributed by atoms with Crippen LogP contribution in [0.25, 0.3) is 75.8 Å². The largest absolute Gasteiger partial charge is 0.308 e. The lowest BCUT2D eigenvalue weighted by molar-refractivity contribution is 0.818. The smallest absolute Gasteiger partial charge is 0.0737 e. The second-order valence-corrected chi connectivity index (χ2v) is 16.6. The molecule has 0 fully saturated rings. The van der Waals surface area contributed by atoms with Crippen LogP contribution in [0.2, 0.25) is 0 Å². The zero-order valence-corrected chi connectivity index (χ0v) is 31.7. The van der Waals surface area contributed by atoms with Crippen molar-refractivity contribution in [1.29, 1.82) is 0 Å². The van der Waals surface area contributed by atoms with Crippen LogP contribution in [-0.4, -0.2) is 0 Å². The molecule has 0 radical (unpaired) electrons. The molecule has 1 nitrogen and oxygen atoms in total. The minimum Gasteiger partial charge on any atom is -0.308 e. The molecule has 0 N–H and O–H groups in total. The molecule has 3 aliphatic rings. The summed E-state index contributed by atoms with van der Waals surface area (Å²) in [6.45, 7) is 0. The number of para-hydroxylation sites is 1.